The Kier molecular flexibility index (Phi) is 4.82. The van der Waals surface area contributed by atoms with Crippen molar-refractivity contribution >= 4 is 40.2 Å². The number of carbonyl (C=O) groups excluding carboxylic acids is 1. The Labute approximate surface area is 179 Å². The minimum Gasteiger partial charge on any atom is -0.480 e. The number of amides is 1. The number of rotatable bonds is 6. The highest BCUT2D eigenvalue weighted by atomic mass is 32.2. The van der Waals surface area contributed by atoms with Gasteiger partial charge in [-0.2, -0.15) is 0 Å². The van der Waals surface area contributed by atoms with E-state index >= 15 is 0 Å². The van der Waals surface area contributed by atoms with Crippen molar-refractivity contribution in [1.29, 1.82) is 0 Å². The lowest BCUT2D eigenvalue weighted by Crippen LogP contribution is -2.13. The molecule has 0 atom stereocenters. The zero-order valence-electron chi connectivity index (χ0n) is 16.9. The molecule has 5 rings (SSSR count). The van der Waals surface area contributed by atoms with Gasteiger partial charge in [-0.1, -0.05) is 12.1 Å². The van der Waals surface area contributed by atoms with Gasteiger partial charge in [0.05, 0.1) is 0 Å². The number of hydrogen-bond acceptors (Lipinski definition) is 3. The lowest BCUT2D eigenvalue weighted by atomic mass is 9.99. The predicted molar refractivity (Wildman–Crippen MR) is 119 cm³/mol. The monoisotopic (exact) mass is 420 g/mol. The zero-order valence-corrected chi connectivity index (χ0v) is 17.7. The summed E-state index contributed by atoms with van der Waals surface area (Å²) in [5, 5.41) is 13.5. The van der Waals surface area contributed by atoms with Gasteiger partial charge in [-0.25, -0.2) is 0 Å². The van der Waals surface area contributed by atoms with E-state index in [1.807, 2.05) is 41.5 Å². The van der Waals surface area contributed by atoms with Gasteiger partial charge in [0.25, 0.3) is 0 Å². The highest BCUT2D eigenvalue weighted by molar-refractivity contribution is 7.99. The fourth-order valence-corrected chi connectivity index (χ4v) is 5.39. The summed E-state index contributed by atoms with van der Waals surface area (Å²) in [6.45, 7) is 1.92. The Morgan fingerprint density at radius 1 is 1.20 bits per heavy atom. The van der Waals surface area contributed by atoms with Crippen LogP contribution in [0.15, 0.2) is 41.3 Å². The molecule has 0 unspecified atom stereocenters. The summed E-state index contributed by atoms with van der Waals surface area (Å²) in [4.78, 5) is 25.1. The summed E-state index contributed by atoms with van der Waals surface area (Å²) < 4.78 is 1.86. The number of aryl methyl sites for hydroxylation is 1. The third-order valence-electron chi connectivity index (χ3n) is 6.10. The van der Waals surface area contributed by atoms with Crippen LogP contribution in [0.5, 0.6) is 0 Å². The number of fused-ring (bicyclic) bond motifs is 2. The number of thioether (sulfide) groups is 1. The van der Waals surface area contributed by atoms with Crippen LogP contribution < -0.4 is 5.32 Å². The molecule has 1 aliphatic heterocycles. The van der Waals surface area contributed by atoms with Crippen molar-refractivity contribution in [3.8, 4) is 0 Å². The highest BCUT2D eigenvalue weighted by Gasteiger charge is 2.29. The molecule has 2 N–H and O–H groups in total. The fourth-order valence-electron chi connectivity index (χ4n) is 4.34. The molecule has 1 fully saturated rings. The summed E-state index contributed by atoms with van der Waals surface area (Å²) in [5.41, 5.74) is 6.40. The number of hydrogen-bond donors (Lipinski definition) is 2. The zero-order chi connectivity index (χ0) is 20.8. The number of aliphatic carboxylic acids is 1. The third kappa shape index (κ3) is 3.60. The van der Waals surface area contributed by atoms with Crippen LogP contribution >= 0.6 is 11.8 Å². The molecular formula is C24H24N2O3S. The van der Waals surface area contributed by atoms with Gasteiger partial charge in [0.2, 0.25) is 5.91 Å². The second-order valence-corrected chi connectivity index (χ2v) is 9.39. The van der Waals surface area contributed by atoms with Gasteiger partial charge in [0.1, 0.15) is 6.54 Å². The van der Waals surface area contributed by atoms with Crippen LogP contribution in [-0.4, -0.2) is 27.3 Å². The Bertz CT molecular complexity index is 1180. The minimum absolute atomic E-state index is 0.0725. The number of anilines is 1. The second-order valence-electron chi connectivity index (χ2n) is 8.26. The molecule has 5 nitrogen and oxygen atoms in total. The van der Waals surface area contributed by atoms with Gasteiger partial charge in [-0.05, 0) is 73.6 Å². The molecule has 30 heavy (non-hydrogen) atoms. The first-order chi connectivity index (χ1) is 14.5. The first-order valence-electron chi connectivity index (χ1n) is 10.4. The largest absolute Gasteiger partial charge is 0.480 e. The molecule has 0 radical (unpaired) electrons. The smallest absolute Gasteiger partial charge is 0.323 e. The molecule has 2 heterocycles. The van der Waals surface area contributed by atoms with Crippen LogP contribution in [0.4, 0.5) is 5.69 Å². The molecule has 1 aliphatic carbocycles. The number of nitrogens with zero attached hydrogens (tertiary/aromatic N) is 1. The molecule has 154 valence electrons. The number of nitrogens with one attached hydrogen (secondary N) is 1. The van der Waals surface area contributed by atoms with Crippen molar-refractivity contribution in [2.24, 2.45) is 5.92 Å². The van der Waals surface area contributed by atoms with Gasteiger partial charge in [0, 0.05) is 38.9 Å². The van der Waals surface area contributed by atoms with E-state index in [-0.39, 0.29) is 18.4 Å². The van der Waals surface area contributed by atoms with Crippen LogP contribution in [0, 0.1) is 12.8 Å². The molecule has 1 amide bonds. The lowest BCUT2D eigenvalue weighted by Gasteiger charge is -2.07. The van der Waals surface area contributed by atoms with Crippen molar-refractivity contribution in [2.75, 3.05) is 11.1 Å². The fraction of sp³-hybridized carbons (Fsp3) is 0.333. The summed E-state index contributed by atoms with van der Waals surface area (Å²) in [6.07, 6.45) is 3.77. The lowest BCUT2D eigenvalue weighted by molar-refractivity contribution is -0.137. The van der Waals surface area contributed by atoms with E-state index < -0.39 is 5.97 Å². The third-order valence-corrected chi connectivity index (χ3v) is 7.22. The SMILES string of the molecule is Cc1c(Cc2ccc3c(c2)CCS3)c2cc(NC(=O)C3CC3)ccc2n1CC(=O)O. The van der Waals surface area contributed by atoms with E-state index in [1.54, 1.807) is 0 Å². The van der Waals surface area contributed by atoms with Gasteiger partial charge in [0.15, 0.2) is 0 Å². The van der Waals surface area contributed by atoms with Crippen molar-refractivity contribution in [3.63, 3.8) is 0 Å². The number of carboxylic acids is 1. The second kappa shape index (κ2) is 7.51. The number of carboxylic acid groups (broad SMARTS) is 1. The molecule has 1 saturated carbocycles. The van der Waals surface area contributed by atoms with E-state index in [0.717, 1.165) is 59.3 Å². The molecule has 3 aromatic rings. The van der Waals surface area contributed by atoms with Crippen molar-refractivity contribution in [1.82, 2.24) is 4.57 Å². The maximum Gasteiger partial charge on any atom is 0.323 e. The highest BCUT2D eigenvalue weighted by Crippen LogP contribution is 2.35. The maximum absolute atomic E-state index is 12.2. The van der Waals surface area contributed by atoms with E-state index in [1.165, 1.54) is 16.0 Å². The van der Waals surface area contributed by atoms with Gasteiger partial charge < -0.3 is 15.0 Å². The standard InChI is InChI=1S/C24H24N2O3S/c1-14-19(11-15-2-7-22-17(10-15)8-9-30-22)20-12-18(25-24(29)16-3-4-16)5-6-21(20)26(14)13-23(27)28/h2,5-7,10,12,16H,3-4,8-9,11,13H2,1H3,(H,25,29)(H,27,28). The molecule has 6 heteroatoms. The topological polar surface area (TPSA) is 71.3 Å². The molecule has 1 aromatic heterocycles. The van der Waals surface area contributed by atoms with Gasteiger partial charge in [-0.3, -0.25) is 9.59 Å². The van der Waals surface area contributed by atoms with Crippen LogP contribution in [0.25, 0.3) is 10.9 Å². The summed E-state index contributed by atoms with van der Waals surface area (Å²) >= 11 is 1.90. The average molecular weight is 421 g/mol. The molecular weight excluding hydrogens is 396 g/mol. The van der Waals surface area contributed by atoms with E-state index in [2.05, 4.69) is 23.5 Å². The molecule has 0 spiro atoms. The summed E-state index contributed by atoms with van der Waals surface area (Å²) in [5.74, 6) is 0.499. The predicted octanol–water partition coefficient (Wildman–Crippen LogP) is 4.62. The maximum atomic E-state index is 12.2. The van der Waals surface area contributed by atoms with Gasteiger partial charge in [-0.15, -0.1) is 11.8 Å². The normalized spacial score (nSPS) is 15.4. The number of benzene rings is 2. The number of aromatic nitrogens is 1. The Morgan fingerprint density at radius 3 is 2.80 bits per heavy atom. The Morgan fingerprint density at radius 2 is 2.03 bits per heavy atom. The minimum atomic E-state index is -0.859. The molecule has 0 saturated heterocycles. The Balaban J connectivity index is 1.56. The average Bonchev–Trinajstić information content (AvgIpc) is 3.42. The summed E-state index contributed by atoms with van der Waals surface area (Å²) in [6, 6.07) is 12.5. The molecule has 0 bridgehead atoms. The van der Waals surface area contributed by atoms with E-state index in [9.17, 15) is 14.7 Å². The van der Waals surface area contributed by atoms with E-state index in [0.29, 0.717) is 0 Å². The van der Waals surface area contributed by atoms with Crippen LogP contribution in [-0.2, 0) is 29.0 Å². The van der Waals surface area contributed by atoms with Crippen LogP contribution in [0.2, 0.25) is 0 Å². The first kappa shape index (κ1) is 19.2. The molecule has 2 aliphatic rings. The molecule has 2 aromatic carbocycles. The van der Waals surface area contributed by atoms with Crippen LogP contribution in [0.3, 0.4) is 0 Å². The first-order valence-corrected chi connectivity index (χ1v) is 11.4. The Hall–Kier alpha value is -2.73. The number of carbonyl (C=O) groups is 2. The van der Waals surface area contributed by atoms with Crippen molar-refractivity contribution in [3.05, 3.63) is 58.8 Å². The van der Waals surface area contributed by atoms with Gasteiger partial charge >= 0.3 is 5.97 Å². The van der Waals surface area contributed by atoms with Crippen LogP contribution in [0.1, 0.15) is 35.2 Å². The van der Waals surface area contributed by atoms with Crippen molar-refractivity contribution < 1.29 is 14.7 Å². The van der Waals surface area contributed by atoms with E-state index in [4.69, 9.17) is 0 Å². The summed E-state index contributed by atoms with van der Waals surface area (Å²) in [7, 11) is 0. The quantitative estimate of drug-likeness (QED) is 0.610. The van der Waals surface area contributed by atoms with Crippen molar-refractivity contribution in [2.45, 2.75) is 44.0 Å².